The molecule has 0 bridgehead atoms. The van der Waals surface area contributed by atoms with E-state index in [4.69, 9.17) is 9.47 Å². The van der Waals surface area contributed by atoms with E-state index in [2.05, 4.69) is 0 Å². The molecule has 0 aromatic heterocycles. The highest BCUT2D eigenvalue weighted by Crippen LogP contribution is 2.16. The summed E-state index contributed by atoms with van der Waals surface area (Å²) >= 11 is 0. The molecule has 4 nitrogen and oxygen atoms in total. The molecular weight excluding hydrogens is 400 g/mol. The Hall–Kier alpha value is -4.18. The molecule has 0 unspecified atom stereocenters. The Kier molecular flexibility index (Phi) is 7.93. The monoisotopic (exact) mass is 424 g/mol. The third-order valence-corrected chi connectivity index (χ3v) is 4.78. The van der Waals surface area contributed by atoms with Crippen LogP contribution in [0, 0.1) is 0 Å². The van der Waals surface area contributed by atoms with Gasteiger partial charge in [-0.1, -0.05) is 60.7 Å². The lowest BCUT2D eigenvalue weighted by Crippen LogP contribution is -2.00. The van der Waals surface area contributed by atoms with Gasteiger partial charge in [0, 0.05) is 22.3 Å². The molecule has 0 saturated carbocycles. The van der Waals surface area contributed by atoms with Crippen molar-refractivity contribution in [2.24, 2.45) is 0 Å². The fourth-order valence-electron chi connectivity index (χ4n) is 3.00. The molecule has 160 valence electrons. The number of methoxy groups -OCH3 is 2. The number of hydrogen-bond donors (Lipinski definition) is 0. The zero-order chi connectivity index (χ0) is 22.8. The minimum atomic E-state index is 0.0308. The lowest BCUT2D eigenvalue weighted by atomic mass is 10.0. The van der Waals surface area contributed by atoms with E-state index >= 15 is 0 Å². The van der Waals surface area contributed by atoms with Crippen LogP contribution in [0.2, 0.25) is 0 Å². The molecule has 4 aromatic carbocycles. The van der Waals surface area contributed by atoms with Gasteiger partial charge < -0.3 is 9.47 Å². The molecule has 0 saturated heterocycles. The summed E-state index contributed by atoms with van der Waals surface area (Å²) in [5.74, 6) is 1.57. The maximum atomic E-state index is 12.0. The molecule has 0 aliphatic heterocycles. The van der Waals surface area contributed by atoms with E-state index in [1.807, 2.05) is 60.7 Å². The van der Waals surface area contributed by atoms with Crippen LogP contribution in [0.1, 0.15) is 31.8 Å². The summed E-state index contributed by atoms with van der Waals surface area (Å²) in [5.41, 5.74) is 2.75. The predicted octanol–water partition coefficient (Wildman–Crippen LogP) is 5.85. The van der Waals surface area contributed by atoms with Crippen LogP contribution in [0.15, 0.2) is 109 Å². The summed E-state index contributed by atoms with van der Waals surface area (Å²) in [7, 11) is 3.21. The first-order valence-corrected chi connectivity index (χ1v) is 10.1. The fourth-order valence-corrected chi connectivity index (χ4v) is 3.00. The van der Waals surface area contributed by atoms with Crippen molar-refractivity contribution in [1.82, 2.24) is 0 Å². The van der Waals surface area contributed by atoms with Gasteiger partial charge in [0.15, 0.2) is 11.6 Å². The molecule has 0 atom stereocenters. The van der Waals surface area contributed by atoms with E-state index in [-0.39, 0.29) is 11.6 Å². The van der Waals surface area contributed by atoms with Gasteiger partial charge in [-0.2, -0.15) is 0 Å². The van der Waals surface area contributed by atoms with Crippen LogP contribution in [-0.2, 0) is 0 Å². The Morgan fingerprint density at radius 3 is 1.00 bits per heavy atom. The van der Waals surface area contributed by atoms with Crippen LogP contribution < -0.4 is 9.47 Å². The van der Waals surface area contributed by atoms with Gasteiger partial charge in [0.1, 0.15) is 11.5 Å². The zero-order valence-electron chi connectivity index (χ0n) is 18.0. The average molecular weight is 424 g/mol. The smallest absolute Gasteiger partial charge is 0.193 e. The van der Waals surface area contributed by atoms with Crippen molar-refractivity contribution in [2.75, 3.05) is 14.2 Å². The lowest BCUT2D eigenvalue weighted by Gasteiger charge is -2.02. The number of carbonyl (C=O) groups excluding carboxylic acids is 2. The van der Waals surface area contributed by atoms with E-state index in [9.17, 15) is 9.59 Å². The Labute approximate surface area is 188 Å². The average Bonchev–Trinajstić information content (AvgIpc) is 2.89. The van der Waals surface area contributed by atoms with Crippen molar-refractivity contribution in [2.45, 2.75) is 0 Å². The summed E-state index contributed by atoms with van der Waals surface area (Å²) in [6.07, 6.45) is 0. The fraction of sp³-hybridized carbons (Fsp3) is 0.0714. The SMILES string of the molecule is COc1ccc(C(=O)c2ccccc2)cc1.COc1ccc(C(=O)c2ccccc2)cc1. The second-order valence-corrected chi connectivity index (χ2v) is 6.85. The van der Waals surface area contributed by atoms with Gasteiger partial charge >= 0.3 is 0 Å². The standard InChI is InChI=1S/2C14H12O2/c2*1-16-13-9-7-12(8-10-13)14(15)11-5-3-2-4-6-11/h2*2-10H,1H3. The van der Waals surface area contributed by atoms with Crippen LogP contribution >= 0.6 is 0 Å². The van der Waals surface area contributed by atoms with Gasteiger partial charge in [0.05, 0.1) is 14.2 Å². The number of benzene rings is 4. The highest BCUT2D eigenvalue weighted by molar-refractivity contribution is 6.09. The lowest BCUT2D eigenvalue weighted by molar-refractivity contribution is 0.103. The molecule has 0 amide bonds. The molecule has 0 spiro atoms. The Morgan fingerprint density at radius 2 is 0.719 bits per heavy atom. The topological polar surface area (TPSA) is 52.6 Å². The van der Waals surface area contributed by atoms with Crippen LogP contribution in [-0.4, -0.2) is 25.8 Å². The maximum absolute atomic E-state index is 12.0. The van der Waals surface area contributed by atoms with Crippen LogP contribution in [0.25, 0.3) is 0 Å². The highest BCUT2D eigenvalue weighted by atomic mass is 16.5. The van der Waals surface area contributed by atoms with Gasteiger partial charge in [-0.3, -0.25) is 9.59 Å². The number of hydrogen-bond acceptors (Lipinski definition) is 4. The second-order valence-electron chi connectivity index (χ2n) is 6.85. The van der Waals surface area contributed by atoms with E-state index in [1.165, 1.54) is 0 Å². The Morgan fingerprint density at radius 1 is 0.438 bits per heavy atom. The number of ether oxygens (including phenoxy) is 2. The molecule has 4 rings (SSSR count). The minimum absolute atomic E-state index is 0.0308. The van der Waals surface area contributed by atoms with E-state index < -0.39 is 0 Å². The molecule has 0 heterocycles. The third kappa shape index (κ3) is 5.92. The second kappa shape index (κ2) is 11.3. The third-order valence-electron chi connectivity index (χ3n) is 4.78. The van der Waals surface area contributed by atoms with Gasteiger partial charge in [-0.25, -0.2) is 0 Å². The van der Waals surface area contributed by atoms with Gasteiger partial charge in [-0.05, 0) is 48.5 Å². The molecule has 4 aromatic rings. The van der Waals surface area contributed by atoms with Crippen LogP contribution in [0.3, 0.4) is 0 Å². The van der Waals surface area contributed by atoms with Gasteiger partial charge in [-0.15, -0.1) is 0 Å². The maximum Gasteiger partial charge on any atom is 0.193 e. The zero-order valence-corrected chi connectivity index (χ0v) is 18.0. The van der Waals surface area contributed by atoms with E-state index in [0.717, 1.165) is 11.5 Å². The normalized spacial score (nSPS) is 9.81. The molecule has 32 heavy (non-hydrogen) atoms. The first kappa shape index (κ1) is 22.5. The Bertz CT molecular complexity index is 1040. The highest BCUT2D eigenvalue weighted by Gasteiger charge is 2.08. The van der Waals surface area contributed by atoms with Crippen molar-refractivity contribution in [3.05, 3.63) is 131 Å². The summed E-state index contributed by atoms with van der Waals surface area (Å²) in [6, 6.07) is 32.7. The molecule has 0 radical (unpaired) electrons. The van der Waals surface area contributed by atoms with Crippen LogP contribution in [0.5, 0.6) is 11.5 Å². The molecule has 0 fully saturated rings. The van der Waals surface area contributed by atoms with Crippen molar-refractivity contribution < 1.29 is 19.1 Å². The molecule has 4 heteroatoms. The van der Waals surface area contributed by atoms with Crippen molar-refractivity contribution in [3.63, 3.8) is 0 Å². The molecule has 0 aliphatic rings. The largest absolute Gasteiger partial charge is 0.497 e. The molecule has 0 N–H and O–H groups in total. The van der Waals surface area contributed by atoms with Crippen molar-refractivity contribution >= 4 is 11.6 Å². The number of carbonyl (C=O) groups is 2. The van der Waals surface area contributed by atoms with E-state index in [0.29, 0.717) is 22.3 Å². The van der Waals surface area contributed by atoms with Crippen LogP contribution in [0.4, 0.5) is 0 Å². The number of ketones is 2. The van der Waals surface area contributed by atoms with Crippen molar-refractivity contribution in [3.8, 4) is 11.5 Å². The Balaban J connectivity index is 0.000000181. The van der Waals surface area contributed by atoms with E-state index in [1.54, 1.807) is 62.8 Å². The van der Waals surface area contributed by atoms with Gasteiger partial charge in [0.2, 0.25) is 0 Å². The summed E-state index contributed by atoms with van der Waals surface area (Å²) in [5, 5.41) is 0. The molecular formula is C28H24O4. The quantitative estimate of drug-likeness (QED) is 0.364. The summed E-state index contributed by atoms with van der Waals surface area (Å²) in [4.78, 5) is 24.0. The first-order valence-electron chi connectivity index (χ1n) is 10.1. The predicted molar refractivity (Wildman–Crippen MR) is 126 cm³/mol. The minimum Gasteiger partial charge on any atom is -0.497 e. The summed E-state index contributed by atoms with van der Waals surface area (Å²) < 4.78 is 10.1. The number of rotatable bonds is 6. The van der Waals surface area contributed by atoms with Gasteiger partial charge in [0.25, 0.3) is 0 Å². The molecule has 0 aliphatic carbocycles. The summed E-state index contributed by atoms with van der Waals surface area (Å²) in [6.45, 7) is 0. The first-order chi connectivity index (χ1) is 15.6. The van der Waals surface area contributed by atoms with Crippen molar-refractivity contribution in [1.29, 1.82) is 0 Å².